The van der Waals surface area contributed by atoms with Crippen molar-refractivity contribution >= 4 is 66.5 Å². The number of methoxy groups -OCH3 is 1. The smallest absolute Gasteiger partial charge is 0.113 e. The predicted molar refractivity (Wildman–Crippen MR) is 64.1 cm³/mol. The molecular formula is C8H5B5O. The molecule has 0 saturated carbocycles. The van der Waals surface area contributed by atoms with Crippen LogP contribution in [0.3, 0.4) is 0 Å². The Morgan fingerprint density at radius 3 is 1.50 bits per heavy atom. The maximum atomic E-state index is 5.72. The topological polar surface area (TPSA) is 9.23 Å². The Morgan fingerprint density at radius 2 is 1.14 bits per heavy atom. The van der Waals surface area contributed by atoms with E-state index in [9.17, 15) is 0 Å². The lowest BCUT2D eigenvalue weighted by Crippen LogP contribution is -2.56. The van der Waals surface area contributed by atoms with E-state index in [1.54, 1.807) is 0 Å². The first kappa shape index (κ1) is 11.6. The van der Waals surface area contributed by atoms with Crippen molar-refractivity contribution in [2.75, 3.05) is 7.11 Å². The van der Waals surface area contributed by atoms with Crippen LogP contribution in [0.1, 0.15) is 5.56 Å². The number of rotatable bonds is 2. The first-order valence-electron chi connectivity index (χ1n) is 3.99. The molecule has 58 valence electrons. The van der Waals surface area contributed by atoms with E-state index in [2.05, 4.69) is 0 Å². The molecule has 0 atom stereocenters. The van der Waals surface area contributed by atoms with E-state index in [0.717, 1.165) is 0 Å². The van der Waals surface area contributed by atoms with Gasteiger partial charge in [0.1, 0.15) is 39.2 Å². The maximum Gasteiger partial charge on any atom is 0.113 e. The number of hydrogen-bond acceptors (Lipinski definition) is 1. The zero-order chi connectivity index (χ0) is 10.9. The molecule has 0 fully saturated rings. The largest absolute Gasteiger partial charge is 0.380 e. The van der Waals surface area contributed by atoms with Crippen molar-refractivity contribution in [1.29, 1.82) is 0 Å². The lowest BCUT2D eigenvalue weighted by atomic mass is 9.60. The third-order valence-corrected chi connectivity index (χ3v) is 2.10. The van der Waals surface area contributed by atoms with Crippen molar-refractivity contribution in [3.8, 4) is 0 Å². The summed E-state index contributed by atoms with van der Waals surface area (Å²) in [6, 6.07) is 0. The Morgan fingerprint density at radius 1 is 0.786 bits per heavy atom. The SMILES string of the molecule is [B]c1c([B])c([B])c(COC)c([B])c1[B]. The van der Waals surface area contributed by atoms with Crippen LogP contribution >= 0.6 is 0 Å². The van der Waals surface area contributed by atoms with Crippen LogP contribution in [-0.4, -0.2) is 46.3 Å². The second-order valence-corrected chi connectivity index (χ2v) is 2.98. The van der Waals surface area contributed by atoms with E-state index in [0.29, 0.717) is 16.5 Å². The van der Waals surface area contributed by atoms with Gasteiger partial charge in [0.05, 0.1) is 6.61 Å². The summed E-state index contributed by atoms with van der Waals surface area (Å²) in [6.07, 6.45) is 0. The molecule has 0 aliphatic rings. The van der Waals surface area contributed by atoms with Crippen molar-refractivity contribution in [1.82, 2.24) is 0 Å². The van der Waals surface area contributed by atoms with Gasteiger partial charge in [-0.25, -0.2) is 0 Å². The Balaban J connectivity index is 3.43. The third kappa shape index (κ3) is 1.81. The highest BCUT2D eigenvalue weighted by Crippen LogP contribution is 1.87. The fourth-order valence-corrected chi connectivity index (χ4v) is 1.21. The molecule has 0 N–H and O–H groups in total. The fourth-order valence-electron chi connectivity index (χ4n) is 1.21. The third-order valence-electron chi connectivity index (χ3n) is 2.10. The lowest BCUT2D eigenvalue weighted by molar-refractivity contribution is 0.186. The molecule has 0 spiro atoms. The Kier molecular flexibility index (Phi) is 3.60. The second kappa shape index (κ2) is 4.35. The molecule has 1 nitrogen and oxygen atoms in total. The quantitative estimate of drug-likeness (QED) is 0.410. The zero-order valence-corrected chi connectivity index (χ0v) is 8.00. The highest BCUT2D eigenvalue weighted by molar-refractivity contribution is 6.67. The minimum atomic E-state index is 0.222. The number of ether oxygens (including phenoxy) is 1. The van der Waals surface area contributed by atoms with Gasteiger partial charge in [-0.3, -0.25) is 0 Å². The number of benzene rings is 1. The van der Waals surface area contributed by atoms with Gasteiger partial charge in [-0.05, 0) is 5.56 Å². The monoisotopic (exact) mass is 172 g/mol. The first-order valence-corrected chi connectivity index (χ1v) is 3.99. The van der Waals surface area contributed by atoms with Crippen LogP contribution in [-0.2, 0) is 11.3 Å². The summed E-state index contributed by atoms with van der Waals surface area (Å²) in [5, 5.41) is 0. The minimum Gasteiger partial charge on any atom is -0.380 e. The average molecular weight is 171 g/mol. The molecule has 0 saturated heterocycles. The number of hydrogen-bond donors (Lipinski definition) is 0. The molecule has 14 heavy (non-hydrogen) atoms. The molecule has 0 unspecified atom stereocenters. The van der Waals surface area contributed by atoms with E-state index in [-0.39, 0.29) is 23.0 Å². The Labute approximate surface area is 91.0 Å². The average Bonchev–Trinajstić information content (AvgIpc) is 2.19. The van der Waals surface area contributed by atoms with Crippen molar-refractivity contribution in [3.05, 3.63) is 5.56 Å². The van der Waals surface area contributed by atoms with E-state index < -0.39 is 0 Å². The summed E-state index contributed by atoms with van der Waals surface area (Å²) in [4.78, 5) is 0. The molecule has 10 radical (unpaired) electrons. The van der Waals surface area contributed by atoms with Crippen LogP contribution in [0.25, 0.3) is 0 Å². The van der Waals surface area contributed by atoms with Gasteiger partial charge in [-0.1, -0.05) is 10.9 Å². The summed E-state index contributed by atoms with van der Waals surface area (Å²) in [5.41, 5.74) is 1.97. The van der Waals surface area contributed by atoms with Crippen LogP contribution in [0.2, 0.25) is 0 Å². The Hall–Kier alpha value is -0.495. The van der Waals surface area contributed by atoms with Crippen molar-refractivity contribution in [2.24, 2.45) is 0 Å². The van der Waals surface area contributed by atoms with Gasteiger partial charge in [0, 0.05) is 7.11 Å². The zero-order valence-electron chi connectivity index (χ0n) is 8.00. The molecular weight excluding hydrogens is 166 g/mol. The van der Waals surface area contributed by atoms with Crippen LogP contribution < -0.4 is 27.3 Å². The molecule has 0 heterocycles. The van der Waals surface area contributed by atoms with Gasteiger partial charge < -0.3 is 4.74 Å². The minimum absolute atomic E-state index is 0.222. The maximum absolute atomic E-state index is 5.72. The van der Waals surface area contributed by atoms with Crippen LogP contribution in [0.15, 0.2) is 0 Å². The highest BCUT2D eigenvalue weighted by atomic mass is 16.5. The predicted octanol–water partition coefficient (Wildman–Crippen LogP) is -4.20. The summed E-state index contributed by atoms with van der Waals surface area (Å²) in [7, 11) is 29.8. The van der Waals surface area contributed by atoms with Gasteiger partial charge in [-0.15, -0.1) is 16.4 Å². The van der Waals surface area contributed by atoms with Gasteiger partial charge in [0.15, 0.2) is 0 Å². The summed E-state index contributed by atoms with van der Waals surface area (Å²) in [6.45, 7) is 0.256. The van der Waals surface area contributed by atoms with Gasteiger partial charge in [0.2, 0.25) is 0 Å². The first-order chi connectivity index (χ1) is 6.50. The summed E-state index contributed by atoms with van der Waals surface area (Å²) < 4.78 is 4.93. The lowest BCUT2D eigenvalue weighted by Gasteiger charge is -2.20. The molecule has 0 aliphatic heterocycles. The Bertz CT molecular complexity index is 334. The van der Waals surface area contributed by atoms with Crippen molar-refractivity contribution < 1.29 is 4.74 Å². The molecule has 0 aromatic heterocycles. The highest BCUT2D eigenvalue weighted by Gasteiger charge is 2.09. The molecule has 1 rings (SSSR count). The second-order valence-electron chi connectivity index (χ2n) is 2.98. The van der Waals surface area contributed by atoms with E-state index in [1.807, 2.05) is 0 Å². The molecule has 0 aliphatic carbocycles. The van der Waals surface area contributed by atoms with Gasteiger partial charge >= 0.3 is 0 Å². The van der Waals surface area contributed by atoms with E-state index >= 15 is 0 Å². The van der Waals surface area contributed by atoms with Gasteiger partial charge in [0.25, 0.3) is 0 Å². The molecule has 0 bridgehead atoms. The van der Waals surface area contributed by atoms with E-state index in [4.69, 9.17) is 44.0 Å². The standard InChI is InChI=1S/C8H5B5O/c1-14-2-3-4(9)6(11)8(13)7(12)5(3)10/h2H2,1H3. The van der Waals surface area contributed by atoms with Crippen molar-refractivity contribution in [2.45, 2.75) is 6.61 Å². The fraction of sp³-hybridized carbons (Fsp3) is 0.250. The molecule has 1 aromatic carbocycles. The summed E-state index contributed by atoms with van der Waals surface area (Å²) in [5.74, 6) is 0. The molecule has 6 heteroatoms. The van der Waals surface area contributed by atoms with Crippen LogP contribution in [0.5, 0.6) is 0 Å². The van der Waals surface area contributed by atoms with Crippen LogP contribution in [0, 0.1) is 0 Å². The normalized spacial score (nSPS) is 10.4. The molecule has 1 aromatic rings. The van der Waals surface area contributed by atoms with Crippen LogP contribution in [0.4, 0.5) is 0 Å². The van der Waals surface area contributed by atoms with E-state index in [1.165, 1.54) is 7.11 Å². The molecule has 0 amide bonds. The van der Waals surface area contributed by atoms with Crippen molar-refractivity contribution in [3.63, 3.8) is 0 Å². The summed E-state index contributed by atoms with van der Waals surface area (Å²) >= 11 is 0. The van der Waals surface area contributed by atoms with Gasteiger partial charge in [-0.2, -0.15) is 0 Å².